The van der Waals surface area contributed by atoms with Crippen molar-refractivity contribution < 1.29 is 14.0 Å². The van der Waals surface area contributed by atoms with Gasteiger partial charge in [-0.2, -0.15) is 0 Å². The number of nitrogens with one attached hydrogen (secondary N) is 2. The van der Waals surface area contributed by atoms with E-state index < -0.39 is 5.82 Å². The summed E-state index contributed by atoms with van der Waals surface area (Å²) in [5.41, 5.74) is 1.64. The van der Waals surface area contributed by atoms with Gasteiger partial charge < -0.3 is 10.6 Å². The van der Waals surface area contributed by atoms with E-state index in [0.29, 0.717) is 29.1 Å². The Hall–Kier alpha value is -2.25. The number of hydrogen-bond donors (Lipinski definition) is 2. The van der Waals surface area contributed by atoms with Crippen LogP contribution in [0, 0.1) is 11.7 Å². The Kier molecular flexibility index (Phi) is 6.72. The number of anilines is 2. The van der Waals surface area contributed by atoms with Crippen LogP contribution in [-0.2, 0) is 17.6 Å². The van der Waals surface area contributed by atoms with Gasteiger partial charge in [-0.25, -0.2) is 4.39 Å². The van der Waals surface area contributed by atoms with Gasteiger partial charge in [0.25, 0.3) is 5.91 Å². The number of benzene rings is 1. The molecular formula is C24H30FN3O2S. The van der Waals surface area contributed by atoms with E-state index in [4.69, 9.17) is 0 Å². The summed E-state index contributed by atoms with van der Waals surface area (Å²) in [6, 6.07) is 6.53. The normalized spacial score (nSPS) is 21.4. The molecule has 0 bridgehead atoms. The second-order valence-corrected chi connectivity index (χ2v) is 9.96. The van der Waals surface area contributed by atoms with Crippen LogP contribution in [0.4, 0.5) is 15.1 Å². The lowest BCUT2D eigenvalue weighted by Gasteiger charge is -2.32. The largest absolute Gasteiger partial charge is 0.319 e. The fourth-order valence-corrected chi connectivity index (χ4v) is 5.99. The maximum absolute atomic E-state index is 14.1. The molecule has 0 unspecified atom stereocenters. The van der Waals surface area contributed by atoms with E-state index in [9.17, 15) is 14.0 Å². The van der Waals surface area contributed by atoms with Gasteiger partial charge >= 0.3 is 0 Å². The number of piperidine rings is 1. The average molecular weight is 444 g/mol. The summed E-state index contributed by atoms with van der Waals surface area (Å²) in [7, 11) is 0. The molecule has 1 aliphatic heterocycles. The molecule has 5 nitrogen and oxygen atoms in total. The van der Waals surface area contributed by atoms with Gasteiger partial charge in [0.2, 0.25) is 5.91 Å². The molecule has 1 aromatic heterocycles. The Labute approximate surface area is 187 Å². The van der Waals surface area contributed by atoms with E-state index in [1.165, 1.54) is 23.8 Å². The summed E-state index contributed by atoms with van der Waals surface area (Å²) >= 11 is 1.49. The highest BCUT2D eigenvalue weighted by atomic mass is 32.1. The Morgan fingerprint density at radius 3 is 2.74 bits per heavy atom. The summed E-state index contributed by atoms with van der Waals surface area (Å²) in [6.07, 6.45) is 6.12. The van der Waals surface area contributed by atoms with E-state index >= 15 is 0 Å². The quantitative estimate of drug-likeness (QED) is 0.678. The SMILES string of the molecule is C[C@@H]1CCc2c(sc(NC(=O)CN3CCCC[C@H]3C)c2C(=O)Nc2ccccc2F)C1. The second-order valence-electron chi connectivity index (χ2n) is 8.85. The first-order valence-electron chi connectivity index (χ1n) is 11.2. The monoisotopic (exact) mass is 443 g/mol. The Morgan fingerprint density at radius 2 is 1.97 bits per heavy atom. The van der Waals surface area contributed by atoms with Gasteiger partial charge in [-0.3, -0.25) is 14.5 Å². The van der Waals surface area contributed by atoms with Crippen LogP contribution < -0.4 is 10.6 Å². The molecule has 7 heteroatoms. The third-order valence-corrected chi connectivity index (χ3v) is 7.57. The number of likely N-dealkylation sites (tertiary alicyclic amines) is 1. The first kappa shape index (κ1) is 22.0. The number of carbonyl (C=O) groups excluding carboxylic acids is 2. The minimum absolute atomic E-state index is 0.0969. The maximum atomic E-state index is 14.1. The molecule has 0 radical (unpaired) electrons. The molecule has 166 valence electrons. The van der Waals surface area contributed by atoms with Gasteiger partial charge in [0.1, 0.15) is 10.8 Å². The summed E-state index contributed by atoms with van der Waals surface area (Å²) in [5, 5.41) is 6.31. The predicted octanol–water partition coefficient (Wildman–Crippen LogP) is 5.08. The van der Waals surface area contributed by atoms with Gasteiger partial charge in [-0.05, 0) is 69.2 Å². The van der Waals surface area contributed by atoms with Crippen molar-refractivity contribution in [2.24, 2.45) is 5.92 Å². The number of para-hydroxylation sites is 1. The number of halogens is 1. The van der Waals surface area contributed by atoms with Crippen molar-refractivity contribution in [3.63, 3.8) is 0 Å². The number of hydrogen-bond acceptors (Lipinski definition) is 4. The number of nitrogens with zero attached hydrogens (tertiary/aromatic N) is 1. The number of amides is 2. The molecule has 2 heterocycles. The Bertz CT molecular complexity index is 974. The third kappa shape index (κ3) is 4.99. The van der Waals surface area contributed by atoms with Crippen molar-refractivity contribution in [1.29, 1.82) is 0 Å². The van der Waals surface area contributed by atoms with E-state index in [1.54, 1.807) is 18.2 Å². The van der Waals surface area contributed by atoms with Crippen LogP contribution in [0.15, 0.2) is 24.3 Å². The molecule has 1 aromatic carbocycles. The van der Waals surface area contributed by atoms with E-state index in [-0.39, 0.29) is 17.5 Å². The molecule has 1 fully saturated rings. The molecule has 1 aliphatic carbocycles. The zero-order valence-corrected chi connectivity index (χ0v) is 19.0. The smallest absolute Gasteiger partial charge is 0.259 e. The van der Waals surface area contributed by atoms with E-state index in [1.807, 2.05) is 0 Å². The molecule has 4 rings (SSSR count). The molecule has 2 N–H and O–H groups in total. The number of thiophene rings is 1. The van der Waals surface area contributed by atoms with Gasteiger partial charge in [0, 0.05) is 10.9 Å². The minimum Gasteiger partial charge on any atom is -0.319 e. The summed E-state index contributed by atoms with van der Waals surface area (Å²) < 4.78 is 14.1. The molecule has 0 spiro atoms. The molecule has 2 aromatic rings. The zero-order valence-electron chi connectivity index (χ0n) is 18.2. The molecule has 0 saturated carbocycles. The van der Waals surface area contributed by atoms with Crippen molar-refractivity contribution in [3.05, 3.63) is 46.1 Å². The minimum atomic E-state index is -0.474. The van der Waals surface area contributed by atoms with Crippen LogP contribution in [0.2, 0.25) is 0 Å². The Morgan fingerprint density at radius 1 is 1.16 bits per heavy atom. The summed E-state index contributed by atoms with van der Waals surface area (Å²) in [4.78, 5) is 29.4. The number of carbonyl (C=O) groups is 2. The van der Waals surface area contributed by atoms with Crippen LogP contribution >= 0.6 is 11.3 Å². The molecule has 2 atom stereocenters. The lowest BCUT2D eigenvalue weighted by Crippen LogP contribution is -2.42. The lowest BCUT2D eigenvalue weighted by molar-refractivity contribution is -0.118. The maximum Gasteiger partial charge on any atom is 0.259 e. The van der Waals surface area contributed by atoms with Crippen molar-refractivity contribution in [1.82, 2.24) is 4.90 Å². The topological polar surface area (TPSA) is 61.4 Å². The summed E-state index contributed by atoms with van der Waals surface area (Å²) in [5.74, 6) is -0.385. The molecule has 1 saturated heterocycles. The van der Waals surface area contributed by atoms with Gasteiger partial charge in [0.05, 0.1) is 17.8 Å². The standard InChI is InChI=1S/C24H30FN3O2S/c1-15-10-11-17-20(13-15)31-24(27-21(29)14-28-12-6-5-7-16(28)2)22(17)23(30)26-19-9-4-3-8-18(19)25/h3-4,8-9,15-16H,5-7,10-14H2,1-2H3,(H,26,30)(H,27,29)/t15-,16-/m1/s1. The number of rotatable bonds is 5. The van der Waals surface area contributed by atoms with Crippen molar-refractivity contribution in [3.8, 4) is 0 Å². The third-order valence-electron chi connectivity index (χ3n) is 6.40. The molecule has 31 heavy (non-hydrogen) atoms. The highest BCUT2D eigenvalue weighted by molar-refractivity contribution is 7.17. The van der Waals surface area contributed by atoms with Gasteiger partial charge in [-0.15, -0.1) is 11.3 Å². The van der Waals surface area contributed by atoms with Crippen LogP contribution in [0.1, 0.15) is 60.3 Å². The average Bonchev–Trinajstić information content (AvgIpc) is 3.08. The first-order valence-corrected chi connectivity index (χ1v) is 12.0. The van der Waals surface area contributed by atoms with E-state index in [0.717, 1.165) is 49.1 Å². The van der Waals surface area contributed by atoms with E-state index in [2.05, 4.69) is 29.4 Å². The van der Waals surface area contributed by atoms with Crippen molar-refractivity contribution >= 4 is 33.8 Å². The second kappa shape index (κ2) is 9.49. The van der Waals surface area contributed by atoms with Crippen molar-refractivity contribution in [2.45, 2.75) is 58.4 Å². The summed E-state index contributed by atoms with van der Waals surface area (Å²) in [6.45, 7) is 5.62. The number of fused-ring (bicyclic) bond motifs is 1. The highest BCUT2D eigenvalue weighted by Gasteiger charge is 2.29. The molecule has 2 aliphatic rings. The highest BCUT2D eigenvalue weighted by Crippen LogP contribution is 2.40. The van der Waals surface area contributed by atoms with Crippen LogP contribution in [0.5, 0.6) is 0 Å². The van der Waals surface area contributed by atoms with Gasteiger partial charge in [-0.1, -0.05) is 25.5 Å². The zero-order chi connectivity index (χ0) is 22.0. The predicted molar refractivity (Wildman–Crippen MR) is 123 cm³/mol. The fourth-order valence-electron chi connectivity index (χ4n) is 4.57. The van der Waals surface area contributed by atoms with Crippen LogP contribution in [-0.4, -0.2) is 35.8 Å². The Balaban J connectivity index is 1.57. The molecule has 2 amide bonds. The molecular weight excluding hydrogens is 413 g/mol. The first-order chi connectivity index (χ1) is 14.9. The van der Waals surface area contributed by atoms with Crippen LogP contribution in [0.3, 0.4) is 0 Å². The fraction of sp³-hybridized carbons (Fsp3) is 0.500. The lowest BCUT2D eigenvalue weighted by atomic mass is 9.88. The van der Waals surface area contributed by atoms with Gasteiger partial charge in [0.15, 0.2) is 0 Å². The van der Waals surface area contributed by atoms with Crippen LogP contribution in [0.25, 0.3) is 0 Å². The van der Waals surface area contributed by atoms with Crippen molar-refractivity contribution in [2.75, 3.05) is 23.7 Å².